The number of carbonyl (C=O) groups is 1. The average Bonchev–Trinajstić information content (AvgIpc) is 2.40. The van der Waals surface area contributed by atoms with Crippen molar-refractivity contribution in [3.63, 3.8) is 0 Å². The number of unbranched alkanes of at least 4 members (excludes halogenated alkanes) is 2. The van der Waals surface area contributed by atoms with Crippen molar-refractivity contribution in [3.05, 3.63) is 29.3 Å². The number of halogens is 1. The lowest BCUT2D eigenvalue weighted by Crippen LogP contribution is -2.28. The van der Waals surface area contributed by atoms with Crippen molar-refractivity contribution in [2.24, 2.45) is 0 Å². The van der Waals surface area contributed by atoms with Crippen LogP contribution in [0.2, 0.25) is 5.02 Å². The minimum Gasteiger partial charge on any atom is -0.385 e. The van der Waals surface area contributed by atoms with E-state index in [9.17, 15) is 4.79 Å². The van der Waals surface area contributed by atoms with E-state index in [-0.39, 0.29) is 5.91 Å². The monoisotopic (exact) mass is 284 g/mol. The Labute approximate surface area is 119 Å². The summed E-state index contributed by atoms with van der Waals surface area (Å²) in [5, 5.41) is 6.57. The summed E-state index contributed by atoms with van der Waals surface area (Å²) in [4.78, 5) is 11.6. The molecule has 0 fully saturated rings. The van der Waals surface area contributed by atoms with Gasteiger partial charge in [0.1, 0.15) is 0 Å². The van der Waals surface area contributed by atoms with E-state index in [4.69, 9.17) is 16.3 Å². The van der Waals surface area contributed by atoms with Crippen LogP contribution < -0.4 is 10.6 Å². The molecule has 5 heteroatoms. The molecule has 0 unspecified atom stereocenters. The van der Waals surface area contributed by atoms with Gasteiger partial charge in [0.05, 0.1) is 6.54 Å². The Morgan fingerprint density at radius 2 is 1.95 bits per heavy atom. The van der Waals surface area contributed by atoms with Crippen LogP contribution in [0.3, 0.4) is 0 Å². The number of anilines is 1. The first-order valence-corrected chi connectivity index (χ1v) is 6.85. The number of amides is 1. The van der Waals surface area contributed by atoms with Gasteiger partial charge >= 0.3 is 0 Å². The fourth-order valence-corrected chi connectivity index (χ4v) is 1.74. The van der Waals surface area contributed by atoms with Gasteiger partial charge in [0.15, 0.2) is 0 Å². The van der Waals surface area contributed by atoms with Crippen molar-refractivity contribution in [1.82, 2.24) is 5.32 Å². The normalized spacial score (nSPS) is 10.4. The van der Waals surface area contributed by atoms with Gasteiger partial charge in [-0.25, -0.2) is 0 Å². The maximum absolute atomic E-state index is 11.6. The Balaban J connectivity index is 2.06. The highest BCUT2D eigenvalue weighted by Crippen LogP contribution is 2.12. The number of carbonyl (C=O) groups excluding carboxylic acids is 1. The molecule has 106 valence electrons. The number of benzene rings is 1. The van der Waals surface area contributed by atoms with Gasteiger partial charge < -0.3 is 15.4 Å². The fourth-order valence-electron chi connectivity index (χ4n) is 1.61. The van der Waals surface area contributed by atoms with Crippen molar-refractivity contribution in [2.45, 2.75) is 19.3 Å². The summed E-state index contributed by atoms with van der Waals surface area (Å²) >= 11 is 5.77. The van der Waals surface area contributed by atoms with Crippen molar-refractivity contribution in [1.29, 1.82) is 0 Å². The van der Waals surface area contributed by atoms with E-state index in [1.165, 1.54) is 0 Å². The first-order valence-electron chi connectivity index (χ1n) is 6.47. The standard InChI is InChI=1S/C14H21ClN2O2/c1-19-10-4-2-3-9-16-11-14(18)17-13-7-5-12(15)6-8-13/h5-8,16H,2-4,9-11H2,1H3,(H,17,18). The molecule has 1 aromatic carbocycles. The Hall–Kier alpha value is -1.10. The minimum atomic E-state index is -0.0424. The molecule has 0 aromatic heterocycles. The largest absolute Gasteiger partial charge is 0.385 e. The molecular weight excluding hydrogens is 264 g/mol. The predicted molar refractivity (Wildman–Crippen MR) is 78.7 cm³/mol. The van der Waals surface area contributed by atoms with Crippen LogP contribution in [0.1, 0.15) is 19.3 Å². The lowest BCUT2D eigenvalue weighted by atomic mass is 10.2. The highest BCUT2D eigenvalue weighted by atomic mass is 35.5. The quantitative estimate of drug-likeness (QED) is 0.686. The molecule has 0 aliphatic rings. The highest BCUT2D eigenvalue weighted by molar-refractivity contribution is 6.30. The van der Waals surface area contributed by atoms with Crippen LogP contribution >= 0.6 is 11.6 Å². The highest BCUT2D eigenvalue weighted by Gasteiger charge is 2.01. The third-order valence-corrected chi connectivity index (χ3v) is 2.87. The van der Waals surface area contributed by atoms with Crippen molar-refractivity contribution >= 4 is 23.2 Å². The summed E-state index contributed by atoms with van der Waals surface area (Å²) in [5.74, 6) is -0.0424. The fraction of sp³-hybridized carbons (Fsp3) is 0.500. The molecule has 0 aliphatic heterocycles. The summed E-state index contributed by atoms with van der Waals surface area (Å²) in [6, 6.07) is 7.07. The Kier molecular flexibility index (Phi) is 8.21. The van der Waals surface area contributed by atoms with Crippen LogP contribution in [-0.4, -0.2) is 32.7 Å². The van der Waals surface area contributed by atoms with E-state index >= 15 is 0 Å². The van der Waals surface area contributed by atoms with Crippen molar-refractivity contribution < 1.29 is 9.53 Å². The molecule has 0 aliphatic carbocycles. The Morgan fingerprint density at radius 3 is 2.63 bits per heavy atom. The lowest BCUT2D eigenvalue weighted by Gasteiger charge is -2.06. The molecule has 4 nitrogen and oxygen atoms in total. The zero-order valence-corrected chi connectivity index (χ0v) is 12.0. The maximum atomic E-state index is 11.6. The molecule has 0 spiro atoms. The first kappa shape index (κ1) is 16.0. The predicted octanol–water partition coefficient (Wildman–Crippen LogP) is 2.68. The summed E-state index contributed by atoms with van der Waals surface area (Å²) in [7, 11) is 1.71. The molecule has 0 saturated carbocycles. The van der Waals surface area contributed by atoms with Gasteiger partial charge in [-0.2, -0.15) is 0 Å². The third-order valence-electron chi connectivity index (χ3n) is 2.62. The summed E-state index contributed by atoms with van der Waals surface area (Å²) in [6.07, 6.45) is 3.23. The summed E-state index contributed by atoms with van der Waals surface area (Å²) in [6.45, 7) is 1.97. The molecule has 0 radical (unpaired) electrons. The summed E-state index contributed by atoms with van der Waals surface area (Å²) < 4.78 is 4.97. The second-order valence-electron chi connectivity index (χ2n) is 4.29. The second kappa shape index (κ2) is 9.78. The van der Waals surface area contributed by atoms with E-state index < -0.39 is 0 Å². The van der Waals surface area contributed by atoms with Crippen molar-refractivity contribution in [2.75, 3.05) is 32.1 Å². The van der Waals surface area contributed by atoms with Crippen LogP contribution in [0.25, 0.3) is 0 Å². The number of hydrogen-bond acceptors (Lipinski definition) is 3. The van der Waals surface area contributed by atoms with Gasteiger partial charge in [-0.15, -0.1) is 0 Å². The van der Waals surface area contributed by atoms with Gasteiger partial charge in [-0.05, 0) is 50.1 Å². The molecule has 0 saturated heterocycles. The van der Waals surface area contributed by atoms with Crippen LogP contribution in [-0.2, 0) is 9.53 Å². The van der Waals surface area contributed by atoms with Gasteiger partial charge in [-0.1, -0.05) is 11.6 Å². The SMILES string of the molecule is COCCCCCNCC(=O)Nc1ccc(Cl)cc1. The van der Waals surface area contributed by atoms with Crippen LogP contribution in [0.15, 0.2) is 24.3 Å². The minimum absolute atomic E-state index is 0.0424. The lowest BCUT2D eigenvalue weighted by molar-refractivity contribution is -0.115. The maximum Gasteiger partial charge on any atom is 0.238 e. The zero-order chi connectivity index (χ0) is 13.9. The van der Waals surface area contributed by atoms with Gasteiger partial charge in [0.2, 0.25) is 5.91 Å². The number of nitrogens with one attached hydrogen (secondary N) is 2. The van der Waals surface area contributed by atoms with E-state index in [0.717, 1.165) is 38.1 Å². The van der Waals surface area contributed by atoms with Crippen LogP contribution in [0.5, 0.6) is 0 Å². The number of rotatable bonds is 9. The van der Waals surface area contributed by atoms with E-state index in [2.05, 4.69) is 10.6 Å². The van der Waals surface area contributed by atoms with Gasteiger partial charge in [0, 0.05) is 24.4 Å². The smallest absolute Gasteiger partial charge is 0.238 e. The third kappa shape index (κ3) is 7.82. The molecule has 1 amide bonds. The molecule has 0 heterocycles. The molecule has 1 aromatic rings. The number of methoxy groups -OCH3 is 1. The Morgan fingerprint density at radius 1 is 1.21 bits per heavy atom. The Bertz CT molecular complexity index is 368. The molecule has 2 N–H and O–H groups in total. The van der Waals surface area contributed by atoms with Crippen LogP contribution in [0, 0.1) is 0 Å². The summed E-state index contributed by atoms with van der Waals surface area (Å²) in [5.41, 5.74) is 0.760. The van der Waals surface area contributed by atoms with E-state index in [1.54, 1.807) is 31.4 Å². The molecule has 19 heavy (non-hydrogen) atoms. The molecule has 0 bridgehead atoms. The van der Waals surface area contributed by atoms with Gasteiger partial charge in [0.25, 0.3) is 0 Å². The second-order valence-corrected chi connectivity index (χ2v) is 4.72. The number of ether oxygens (including phenoxy) is 1. The zero-order valence-electron chi connectivity index (χ0n) is 11.2. The molecule has 1 rings (SSSR count). The van der Waals surface area contributed by atoms with Gasteiger partial charge in [-0.3, -0.25) is 4.79 Å². The average molecular weight is 285 g/mol. The topological polar surface area (TPSA) is 50.4 Å². The number of hydrogen-bond donors (Lipinski definition) is 2. The molecule has 0 atom stereocenters. The van der Waals surface area contributed by atoms with E-state index in [1.807, 2.05) is 0 Å². The van der Waals surface area contributed by atoms with E-state index in [0.29, 0.717) is 11.6 Å². The van der Waals surface area contributed by atoms with Crippen LogP contribution in [0.4, 0.5) is 5.69 Å². The first-order chi connectivity index (χ1) is 9.22. The van der Waals surface area contributed by atoms with Crippen molar-refractivity contribution in [3.8, 4) is 0 Å². The molecular formula is C14H21ClN2O2.